The first-order valence-electron chi connectivity index (χ1n) is 13.5. The Kier molecular flexibility index (Phi) is 6.69. The third kappa shape index (κ3) is 5.00. The van der Waals surface area contributed by atoms with Crippen molar-refractivity contribution in [3.63, 3.8) is 0 Å². The second-order valence-electron chi connectivity index (χ2n) is 10.5. The Morgan fingerprint density at radius 2 is 1.73 bits per heavy atom. The topological polar surface area (TPSA) is 68.0 Å². The summed E-state index contributed by atoms with van der Waals surface area (Å²) >= 11 is 0. The molecule has 5 heterocycles. The van der Waals surface area contributed by atoms with E-state index in [1.807, 2.05) is 18.5 Å². The molecule has 0 radical (unpaired) electrons. The van der Waals surface area contributed by atoms with E-state index < -0.39 is 0 Å². The number of fused-ring (bicyclic) bond motifs is 3. The van der Waals surface area contributed by atoms with E-state index in [0.29, 0.717) is 12.5 Å². The smallest absolute Gasteiger partial charge is 0.213 e. The monoisotopic (exact) mass is 500 g/mol. The molecule has 2 fully saturated rings. The number of aromatic nitrogens is 4. The molecule has 0 amide bonds. The van der Waals surface area contributed by atoms with Gasteiger partial charge in [0.15, 0.2) is 0 Å². The van der Waals surface area contributed by atoms with Crippen LogP contribution >= 0.6 is 0 Å². The lowest BCUT2D eigenvalue weighted by Gasteiger charge is -2.35. The molecule has 8 heteroatoms. The van der Waals surface area contributed by atoms with Crippen LogP contribution < -0.4 is 9.64 Å². The number of benzene rings is 1. The zero-order chi connectivity index (χ0) is 25.4. The molecule has 2 aliphatic rings. The van der Waals surface area contributed by atoms with Crippen LogP contribution in [0.25, 0.3) is 27.7 Å². The summed E-state index contributed by atoms with van der Waals surface area (Å²) in [5.74, 6) is 1.63. The maximum Gasteiger partial charge on any atom is 0.213 e. The molecule has 0 aliphatic carbocycles. The minimum atomic E-state index is 0.159. The molecule has 6 rings (SSSR count). The summed E-state index contributed by atoms with van der Waals surface area (Å²) in [6.45, 7) is 12.2. The van der Waals surface area contributed by atoms with Gasteiger partial charge in [-0.05, 0) is 76.9 Å². The summed E-state index contributed by atoms with van der Waals surface area (Å²) in [5, 5.41) is 0. The van der Waals surface area contributed by atoms with Gasteiger partial charge in [-0.3, -0.25) is 9.38 Å². The predicted molar refractivity (Wildman–Crippen MR) is 146 cm³/mol. The molecule has 0 N–H and O–H groups in total. The van der Waals surface area contributed by atoms with Gasteiger partial charge in [0.05, 0.1) is 47.3 Å². The summed E-state index contributed by atoms with van der Waals surface area (Å²) in [6, 6.07) is 10.4. The van der Waals surface area contributed by atoms with E-state index in [2.05, 4.69) is 64.2 Å². The van der Waals surface area contributed by atoms with Gasteiger partial charge in [0, 0.05) is 37.5 Å². The quantitative estimate of drug-likeness (QED) is 0.340. The van der Waals surface area contributed by atoms with Crippen LogP contribution in [0.5, 0.6) is 5.88 Å². The molecular weight excluding hydrogens is 464 g/mol. The molecule has 2 saturated heterocycles. The van der Waals surface area contributed by atoms with Crippen LogP contribution in [-0.2, 0) is 4.74 Å². The Morgan fingerprint density at radius 3 is 2.49 bits per heavy atom. The zero-order valence-electron chi connectivity index (χ0n) is 22.1. The van der Waals surface area contributed by atoms with Gasteiger partial charge >= 0.3 is 0 Å². The van der Waals surface area contributed by atoms with E-state index in [1.54, 1.807) is 0 Å². The maximum atomic E-state index is 5.97. The fourth-order valence-corrected chi connectivity index (χ4v) is 5.70. The number of rotatable bonds is 7. The predicted octanol–water partition coefficient (Wildman–Crippen LogP) is 4.73. The van der Waals surface area contributed by atoms with Gasteiger partial charge < -0.3 is 19.3 Å². The molecule has 0 unspecified atom stereocenters. The van der Waals surface area contributed by atoms with Crippen molar-refractivity contribution in [3.8, 4) is 17.0 Å². The lowest BCUT2D eigenvalue weighted by atomic mass is 10.1. The number of nitrogens with zero attached hydrogens (tertiary/aromatic N) is 6. The molecule has 194 valence electrons. The summed E-state index contributed by atoms with van der Waals surface area (Å²) in [7, 11) is 0. The fraction of sp³-hybridized carbons (Fsp3) is 0.483. The summed E-state index contributed by atoms with van der Waals surface area (Å²) in [4.78, 5) is 19.1. The second kappa shape index (κ2) is 10.3. The first-order valence-corrected chi connectivity index (χ1v) is 13.5. The van der Waals surface area contributed by atoms with E-state index in [0.717, 1.165) is 65.4 Å². The number of aryl methyl sites for hydroxylation is 1. The molecule has 0 bridgehead atoms. The van der Waals surface area contributed by atoms with Crippen LogP contribution in [0.3, 0.4) is 0 Å². The third-order valence-electron chi connectivity index (χ3n) is 7.46. The van der Waals surface area contributed by atoms with Crippen molar-refractivity contribution in [2.24, 2.45) is 0 Å². The van der Waals surface area contributed by atoms with Gasteiger partial charge in [-0.25, -0.2) is 9.97 Å². The highest BCUT2D eigenvalue weighted by atomic mass is 16.5. The average Bonchev–Trinajstić information content (AvgIpc) is 3.54. The highest BCUT2D eigenvalue weighted by Crippen LogP contribution is 2.30. The van der Waals surface area contributed by atoms with E-state index >= 15 is 0 Å². The first kappa shape index (κ1) is 24.1. The number of hydrogen-bond acceptors (Lipinski definition) is 7. The van der Waals surface area contributed by atoms with Crippen LogP contribution in [0.4, 0.5) is 5.95 Å². The number of morpholine rings is 1. The average molecular weight is 501 g/mol. The molecule has 8 nitrogen and oxygen atoms in total. The second-order valence-corrected chi connectivity index (χ2v) is 10.5. The summed E-state index contributed by atoms with van der Waals surface area (Å²) in [5.41, 5.74) is 6.14. The molecule has 0 saturated carbocycles. The van der Waals surface area contributed by atoms with E-state index in [1.165, 1.54) is 25.9 Å². The van der Waals surface area contributed by atoms with Crippen molar-refractivity contribution >= 4 is 22.5 Å². The largest absolute Gasteiger partial charge is 0.478 e. The van der Waals surface area contributed by atoms with Gasteiger partial charge in [-0.15, -0.1) is 0 Å². The summed E-state index contributed by atoms with van der Waals surface area (Å²) < 4.78 is 14.1. The standard InChI is InChI=1S/C29H36N6O2/c1-20-18-34(19-21(2)37-20)29-32-22(3)27-17-30-25-9-7-23(15-26(25)35(27)29)24-8-10-28(31-16-24)36-14-6-13-33-11-4-5-12-33/h7-10,15-17,20-21H,4-6,11-14,18-19H2,1-3H3/t20-,21+. The van der Waals surface area contributed by atoms with Gasteiger partial charge in [0.25, 0.3) is 0 Å². The van der Waals surface area contributed by atoms with Crippen LogP contribution in [0.1, 0.15) is 38.8 Å². The van der Waals surface area contributed by atoms with E-state index in [9.17, 15) is 0 Å². The number of anilines is 1. The van der Waals surface area contributed by atoms with Gasteiger partial charge in [0.2, 0.25) is 11.8 Å². The zero-order valence-corrected chi connectivity index (χ0v) is 22.1. The molecular formula is C29H36N6O2. The van der Waals surface area contributed by atoms with Crippen molar-refractivity contribution in [1.82, 2.24) is 24.3 Å². The number of ether oxygens (including phenoxy) is 2. The van der Waals surface area contributed by atoms with Crippen molar-refractivity contribution in [1.29, 1.82) is 0 Å². The maximum absolute atomic E-state index is 5.97. The molecule has 3 aromatic heterocycles. The van der Waals surface area contributed by atoms with Gasteiger partial charge in [0.1, 0.15) is 0 Å². The minimum absolute atomic E-state index is 0.159. The molecule has 0 spiro atoms. The first-order chi connectivity index (χ1) is 18.0. The Morgan fingerprint density at radius 1 is 0.946 bits per heavy atom. The summed E-state index contributed by atoms with van der Waals surface area (Å²) in [6.07, 6.45) is 7.83. The van der Waals surface area contributed by atoms with Gasteiger partial charge in [-0.1, -0.05) is 6.07 Å². The Hall–Kier alpha value is -3.23. The minimum Gasteiger partial charge on any atom is -0.478 e. The van der Waals surface area contributed by atoms with Gasteiger partial charge in [-0.2, -0.15) is 0 Å². The third-order valence-corrected chi connectivity index (χ3v) is 7.46. The number of hydrogen-bond donors (Lipinski definition) is 0. The SMILES string of the molecule is Cc1nc(N2C[C@@H](C)O[C@@H](C)C2)n2c1cnc1ccc(-c3ccc(OCCCN4CCCC4)nc3)cc12. The van der Waals surface area contributed by atoms with Crippen molar-refractivity contribution in [2.75, 3.05) is 44.2 Å². The van der Waals surface area contributed by atoms with E-state index in [4.69, 9.17) is 19.4 Å². The van der Waals surface area contributed by atoms with Crippen LogP contribution in [0, 0.1) is 6.92 Å². The Bertz CT molecular complexity index is 1370. The normalized spacial score (nSPS) is 20.8. The Balaban J connectivity index is 1.25. The van der Waals surface area contributed by atoms with Crippen molar-refractivity contribution in [3.05, 3.63) is 48.4 Å². The Labute approximate surface area is 218 Å². The van der Waals surface area contributed by atoms with Crippen molar-refractivity contribution in [2.45, 2.75) is 52.2 Å². The lowest BCUT2D eigenvalue weighted by molar-refractivity contribution is -0.00573. The highest BCUT2D eigenvalue weighted by molar-refractivity contribution is 5.85. The molecule has 2 aliphatic heterocycles. The lowest BCUT2D eigenvalue weighted by Crippen LogP contribution is -2.46. The van der Waals surface area contributed by atoms with E-state index in [-0.39, 0.29) is 12.2 Å². The van der Waals surface area contributed by atoms with Crippen molar-refractivity contribution < 1.29 is 9.47 Å². The number of imidazole rings is 1. The number of likely N-dealkylation sites (tertiary alicyclic amines) is 1. The number of pyridine rings is 1. The molecule has 37 heavy (non-hydrogen) atoms. The molecule has 2 atom stereocenters. The van der Waals surface area contributed by atoms with Crippen LogP contribution in [-0.4, -0.2) is 75.8 Å². The van der Waals surface area contributed by atoms with Crippen LogP contribution in [0.15, 0.2) is 42.7 Å². The molecule has 1 aromatic carbocycles. The molecule has 4 aromatic rings. The highest BCUT2D eigenvalue weighted by Gasteiger charge is 2.26. The fourth-order valence-electron chi connectivity index (χ4n) is 5.70. The van der Waals surface area contributed by atoms with Crippen LogP contribution in [0.2, 0.25) is 0 Å².